The normalized spacial score (nSPS) is 12.5. The second-order valence-corrected chi connectivity index (χ2v) is 3.60. The number of nitrogens with two attached hydrogens (primary N) is 1. The van der Waals surface area contributed by atoms with Crippen molar-refractivity contribution in [1.29, 1.82) is 0 Å². The van der Waals surface area contributed by atoms with E-state index in [9.17, 15) is 4.79 Å². The highest BCUT2D eigenvalue weighted by molar-refractivity contribution is 5.80. The van der Waals surface area contributed by atoms with E-state index < -0.39 is 0 Å². The first-order chi connectivity index (χ1) is 6.99. The van der Waals surface area contributed by atoms with Crippen molar-refractivity contribution < 1.29 is 4.79 Å². The Hall–Kier alpha value is -1.52. The molecule has 0 aliphatic heterocycles. The largest absolute Gasteiger partial charge is 0.396 e. The van der Waals surface area contributed by atoms with Crippen LogP contribution in [0.3, 0.4) is 0 Å². The number of aromatic nitrogens is 2. The number of carbonyl (C=O) groups is 1. The van der Waals surface area contributed by atoms with E-state index in [4.69, 9.17) is 5.73 Å². The van der Waals surface area contributed by atoms with E-state index in [0.29, 0.717) is 12.2 Å². The van der Waals surface area contributed by atoms with Crippen LogP contribution in [0, 0.1) is 13.8 Å². The summed E-state index contributed by atoms with van der Waals surface area (Å²) < 4.78 is 1.66. The molecule has 15 heavy (non-hydrogen) atoms. The van der Waals surface area contributed by atoms with Crippen LogP contribution in [0.15, 0.2) is 0 Å². The van der Waals surface area contributed by atoms with Gasteiger partial charge in [-0.2, -0.15) is 5.10 Å². The molecule has 0 radical (unpaired) electrons. The number of nitrogens with one attached hydrogen (secondary N) is 1. The minimum Gasteiger partial charge on any atom is -0.396 e. The molecule has 1 atom stereocenters. The van der Waals surface area contributed by atoms with E-state index in [2.05, 4.69) is 10.4 Å². The van der Waals surface area contributed by atoms with Crippen LogP contribution in [0.4, 0.5) is 5.69 Å². The maximum absolute atomic E-state index is 11.6. The number of amides is 1. The summed E-state index contributed by atoms with van der Waals surface area (Å²) in [6.45, 7) is 8.02. The molecule has 3 N–H and O–H groups in total. The first-order valence-corrected chi connectivity index (χ1v) is 5.07. The van der Waals surface area contributed by atoms with Crippen LogP contribution in [0.5, 0.6) is 0 Å². The van der Waals surface area contributed by atoms with E-state index in [1.807, 2.05) is 27.7 Å². The lowest BCUT2D eigenvalue weighted by Crippen LogP contribution is -2.31. The van der Waals surface area contributed by atoms with Crippen LogP contribution >= 0.6 is 0 Å². The molecule has 0 saturated heterocycles. The summed E-state index contributed by atoms with van der Waals surface area (Å²) in [7, 11) is 0. The number of likely N-dealkylation sites (N-methyl/N-ethyl adjacent to an activating group) is 1. The van der Waals surface area contributed by atoms with E-state index in [-0.39, 0.29) is 11.9 Å². The zero-order valence-corrected chi connectivity index (χ0v) is 9.66. The predicted octanol–water partition coefficient (Wildman–Crippen LogP) is 0.779. The van der Waals surface area contributed by atoms with Crippen molar-refractivity contribution >= 4 is 11.6 Å². The second kappa shape index (κ2) is 4.33. The number of aryl methyl sites for hydroxylation is 1. The van der Waals surface area contributed by atoms with Gasteiger partial charge in [-0.1, -0.05) is 0 Å². The summed E-state index contributed by atoms with van der Waals surface area (Å²) in [5.41, 5.74) is 8.06. The summed E-state index contributed by atoms with van der Waals surface area (Å²) in [6, 6.07) is -0.319. The van der Waals surface area contributed by atoms with E-state index in [1.165, 1.54) is 0 Å². The van der Waals surface area contributed by atoms with E-state index >= 15 is 0 Å². The van der Waals surface area contributed by atoms with Crippen LogP contribution < -0.4 is 11.1 Å². The molecule has 0 aromatic carbocycles. The molecule has 0 aliphatic rings. The standard InChI is InChI=1S/C10H18N4O/c1-5-12-10(15)8(4)14-7(3)9(11)6(2)13-14/h8H,5,11H2,1-4H3,(H,12,15). The van der Waals surface area contributed by atoms with Crippen molar-refractivity contribution in [3.63, 3.8) is 0 Å². The lowest BCUT2D eigenvalue weighted by molar-refractivity contribution is -0.124. The second-order valence-electron chi connectivity index (χ2n) is 3.60. The number of carbonyl (C=O) groups excluding carboxylic acids is 1. The lowest BCUT2D eigenvalue weighted by atomic mass is 10.3. The third-order valence-electron chi connectivity index (χ3n) is 2.48. The SMILES string of the molecule is CCNC(=O)C(C)n1nc(C)c(N)c1C. The van der Waals surface area contributed by atoms with Crippen molar-refractivity contribution in [2.45, 2.75) is 33.7 Å². The monoisotopic (exact) mass is 210 g/mol. The Labute approximate surface area is 89.6 Å². The Bertz CT molecular complexity index is 370. The Morgan fingerprint density at radius 3 is 2.60 bits per heavy atom. The maximum atomic E-state index is 11.6. The van der Waals surface area contributed by atoms with Crippen LogP contribution in [-0.2, 0) is 4.79 Å². The third-order valence-corrected chi connectivity index (χ3v) is 2.48. The van der Waals surface area contributed by atoms with Crippen LogP contribution in [0.1, 0.15) is 31.3 Å². The molecule has 1 rings (SSSR count). The highest BCUT2D eigenvalue weighted by Gasteiger charge is 2.19. The van der Waals surface area contributed by atoms with Crippen molar-refractivity contribution in [3.8, 4) is 0 Å². The van der Waals surface area contributed by atoms with Gasteiger partial charge in [0.05, 0.1) is 17.1 Å². The Morgan fingerprint density at radius 2 is 2.20 bits per heavy atom. The molecule has 1 heterocycles. The van der Waals surface area contributed by atoms with Gasteiger partial charge in [-0.25, -0.2) is 0 Å². The Kier molecular flexibility index (Phi) is 3.34. The summed E-state index contributed by atoms with van der Waals surface area (Å²) in [5, 5.41) is 7.00. The van der Waals surface area contributed by atoms with Crippen LogP contribution in [-0.4, -0.2) is 22.2 Å². The fraction of sp³-hybridized carbons (Fsp3) is 0.600. The predicted molar refractivity (Wildman–Crippen MR) is 59.5 cm³/mol. The first-order valence-electron chi connectivity index (χ1n) is 5.07. The third kappa shape index (κ3) is 2.11. The summed E-state index contributed by atoms with van der Waals surface area (Å²) in [5.74, 6) is -0.0388. The molecule has 0 bridgehead atoms. The van der Waals surface area contributed by atoms with Gasteiger partial charge in [-0.05, 0) is 27.7 Å². The number of nitrogens with zero attached hydrogens (tertiary/aromatic N) is 2. The Balaban J connectivity index is 2.96. The molecule has 0 aliphatic carbocycles. The van der Waals surface area contributed by atoms with Gasteiger partial charge in [0.25, 0.3) is 0 Å². The minimum atomic E-state index is -0.319. The smallest absolute Gasteiger partial charge is 0.244 e. The van der Waals surface area contributed by atoms with E-state index in [1.54, 1.807) is 4.68 Å². The number of rotatable bonds is 3. The van der Waals surface area contributed by atoms with Gasteiger partial charge >= 0.3 is 0 Å². The molecule has 1 aromatic heterocycles. The zero-order valence-electron chi connectivity index (χ0n) is 9.66. The van der Waals surface area contributed by atoms with Crippen LogP contribution in [0.2, 0.25) is 0 Å². The number of hydrogen-bond acceptors (Lipinski definition) is 3. The van der Waals surface area contributed by atoms with Crippen molar-refractivity contribution in [3.05, 3.63) is 11.4 Å². The average Bonchev–Trinajstić information content (AvgIpc) is 2.45. The molecule has 1 unspecified atom stereocenters. The molecule has 5 heteroatoms. The topological polar surface area (TPSA) is 72.9 Å². The van der Waals surface area contributed by atoms with Crippen molar-refractivity contribution in [2.75, 3.05) is 12.3 Å². The van der Waals surface area contributed by atoms with Gasteiger partial charge in [0, 0.05) is 6.54 Å². The highest BCUT2D eigenvalue weighted by atomic mass is 16.2. The molecule has 0 saturated carbocycles. The minimum absolute atomic E-state index is 0.0388. The quantitative estimate of drug-likeness (QED) is 0.774. The van der Waals surface area contributed by atoms with E-state index in [0.717, 1.165) is 11.4 Å². The molecule has 1 aromatic rings. The fourth-order valence-corrected chi connectivity index (χ4v) is 1.49. The molecule has 5 nitrogen and oxygen atoms in total. The van der Waals surface area contributed by atoms with Gasteiger partial charge in [0.2, 0.25) is 5.91 Å². The van der Waals surface area contributed by atoms with Gasteiger partial charge in [-0.3, -0.25) is 9.48 Å². The van der Waals surface area contributed by atoms with Crippen molar-refractivity contribution in [1.82, 2.24) is 15.1 Å². The summed E-state index contributed by atoms with van der Waals surface area (Å²) >= 11 is 0. The fourth-order valence-electron chi connectivity index (χ4n) is 1.49. The number of anilines is 1. The molecule has 0 spiro atoms. The van der Waals surface area contributed by atoms with Gasteiger partial charge < -0.3 is 11.1 Å². The number of nitrogen functional groups attached to an aromatic ring is 1. The highest BCUT2D eigenvalue weighted by Crippen LogP contribution is 2.18. The molecule has 1 amide bonds. The van der Waals surface area contributed by atoms with Gasteiger partial charge in [-0.15, -0.1) is 0 Å². The van der Waals surface area contributed by atoms with Crippen molar-refractivity contribution in [2.24, 2.45) is 0 Å². The lowest BCUT2D eigenvalue weighted by Gasteiger charge is -2.13. The molecular formula is C10H18N4O. The van der Waals surface area contributed by atoms with Gasteiger partial charge in [0.1, 0.15) is 6.04 Å². The number of hydrogen-bond donors (Lipinski definition) is 2. The first kappa shape index (κ1) is 11.6. The maximum Gasteiger partial charge on any atom is 0.244 e. The molecule has 0 fully saturated rings. The summed E-state index contributed by atoms with van der Waals surface area (Å²) in [4.78, 5) is 11.6. The van der Waals surface area contributed by atoms with Gasteiger partial charge in [0.15, 0.2) is 0 Å². The zero-order chi connectivity index (χ0) is 11.6. The average molecular weight is 210 g/mol. The Morgan fingerprint density at radius 1 is 1.60 bits per heavy atom. The molecule has 84 valence electrons. The molecular weight excluding hydrogens is 192 g/mol. The van der Waals surface area contributed by atoms with Crippen LogP contribution in [0.25, 0.3) is 0 Å². The summed E-state index contributed by atoms with van der Waals surface area (Å²) in [6.07, 6.45) is 0.